The molecule has 2 N–H and O–H groups in total. The highest BCUT2D eigenvalue weighted by Gasteiger charge is 2.16. The van der Waals surface area contributed by atoms with Crippen LogP contribution < -0.4 is 5.32 Å². The summed E-state index contributed by atoms with van der Waals surface area (Å²) in [4.78, 5) is 21.5. The molecule has 0 aromatic heterocycles. The molecule has 0 aliphatic carbocycles. The lowest BCUT2D eigenvalue weighted by Crippen LogP contribution is -2.04. The van der Waals surface area contributed by atoms with Crippen molar-refractivity contribution < 1.29 is 14.8 Å². The van der Waals surface area contributed by atoms with Crippen LogP contribution in [0.25, 0.3) is 0 Å². The van der Waals surface area contributed by atoms with Gasteiger partial charge in [0.1, 0.15) is 0 Å². The molecule has 2 aromatic rings. The molecule has 0 spiro atoms. The second-order valence-electron chi connectivity index (χ2n) is 4.59. The largest absolute Gasteiger partial charge is 0.478 e. The minimum absolute atomic E-state index is 0.0500. The van der Waals surface area contributed by atoms with Gasteiger partial charge >= 0.3 is 5.97 Å². The number of carbonyl (C=O) groups is 1. The van der Waals surface area contributed by atoms with E-state index in [1.807, 2.05) is 0 Å². The zero-order valence-corrected chi connectivity index (χ0v) is 11.7. The SMILES string of the molecule is C#Cc1ccc(Nc2cc([N+](=O)[O-])ccc2C(=O)O)c(C)c1. The van der Waals surface area contributed by atoms with Crippen LogP contribution in [0.1, 0.15) is 21.5 Å². The van der Waals surface area contributed by atoms with Gasteiger partial charge in [-0.2, -0.15) is 0 Å². The fourth-order valence-corrected chi connectivity index (χ4v) is 1.97. The van der Waals surface area contributed by atoms with Gasteiger partial charge in [-0.05, 0) is 36.8 Å². The number of carboxylic acid groups (broad SMARTS) is 1. The number of aromatic carboxylic acids is 1. The standard InChI is InChI=1S/C16H12N2O4/c1-3-11-4-7-14(10(2)8-11)17-15-9-12(18(21)22)5-6-13(15)16(19)20/h1,4-9,17H,2H3,(H,19,20). The Labute approximate surface area is 126 Å². The summed E-state index contributed by atoms with van der Waals surface area (Å²) in [6, 6.07) is 8.72. The van der Waals surface area contributed by atoms with E-state index >= 15 is 0 Å². The van der Waals surface area contributed by atoms with Crippen LogP contribution in [0.4, 0.5) is 17.1 Å². The van der Waals surface area contributed by atoms with E-state index in [-0.39, 0.29) is 16.9 Å². The average molecular weight is 296 g/mol. The molecule has 0 bridgehead atoms. The maximum absolute atomic E-state index is 11.2. The van der Waals surface area contributed by atoms with Gasteiger partial charge in [-0.1, -0.05) is 5.92 Å². The molecule has 0 fully saturated rings. The summed E-state index contributed by atoms with van der Waals surface area (Å²) in [6.07, 6.45) is 5.32. The van der Waals surface area contributed by atoms with Crippen molar-refractivity contribution in [1.29, 1.82) is 0 Å². The van der Waals surface area contributed by atoms with Gasteiger partial charge in [0, 0.05) is 23.4 Å². The molecule has 0 radical (unpaired) electrons. The molecule has 2 aromatic carbocycles. The van der Waals surface area contributed by atoms with Crippen LogP contribution in [0.15, 0.2) is 36.4 Å². The molecule has 2 rings (SSSR count). The van der Waals surface area contributed by atoms with E-state index in [1.165, 1.54) is 12.1 Å². The van der Waals surface area contributed by atoms with E-state index in [1.54, 1.807) is 25.1 Å². The number of benzene rings is 2. The molecule has 0 saturated carbocycles. The minimum Gasteiger partial charge on any atom is -0.478 e. The van der Waals surface area contributed by atoms with Gasteiger partial charge in [0.15, 0.2) is 0 Å². The van der Waals surface area contributed by atoms with Crippen molar-refractivity contribution in [3.63, 3.8) is 0 Å². The first-order valence-corrected chi connectivity index (χ1v) is 6.28. The third-order valence-corrected chi connectivity index (χ3v) is 3.11. The summed E-state index contributed by atoms with van der Waals surface area (Å²) >= 11 is 0. The summed E-state index contributed by atoms with van der Waals surface area (Å²) in [6.45, 7) is 1.81. The van der Waals surface area contributed by atoms with E-state index in [9.17, 15) is 20.0 Å². The second kappa shape index (κ2) is 5.97. The molecule has 0 amide bonds. The van der Waals surface area contributed by atoms with Crippen molar-refractivity contribution in [2.45, 2.75) is 6.92 Å². The molecule has 0 unspecified atom stereocenters. The first-order chi connectivity index (χ1) is 10.4. The number of anilines is 2. The molecular formula is C16H12N2O4. The number of nitro groups is 1. The van der Waals surface area contributed by atoms with Crippen LogP contribution >= 0.6 is 0 Å². The lowest BCUT2D eigenvalue weighted by molar-refractivity contribution is -0.384. The summed E-state index contributed by atoms with van der Waals surface area (Å²) < 4.78 is 0. The van der Waals surface area contributed by atoms with Crippen molar-refractivity contribution in [2.75, 3.05) is 5.32 Å². The van der Waals surface area contributed by atoms with Crippen molar-refractivity contribution in [3.05, 3.63) is 63.2 Å². The maximum Gasteiger partial charge on any atom is 0.337 e. The average Bonchev–Trinajstić information content (AvgIpc) is 2.48. The number of terminal acetylenes is 1. The zero-order valence-electron chi connectivity index (χ0n) is 11.7. The number of carboxylic acids is 1. The molecule has 0 aliphatic heterocycles. The van der Waals surface area contributed by atoms with E-state index in [0.29, 0.717) is 11.3 Å². The Morgan fingerprint density at radius 3 is 2.55 bits per heavy atom. The van der Waals surface area contributed by atoms with Gasteiger partial charge < -0.3 is 10.4 Å². The number of rotatable bonds is 4. The number of aryl methyl sites for hydroxylation is 1. The Hall–Kier alpha value is -3.33. The number of non-ortho nitro benzene ring substituents is 1. The second-order valence-corrected chi connectivity index (χ2v) is 4.59. The van der Waals surface area contributed by atoms with Crippen molar-refractivity contribution >= 4 is 23.0 Å². The van der Waals surface area contributed by atoms with Crippen LogP contribution in [0.3, 0.4) is 0 Å². The minimum atomic E-state index is -1.17. The van der Waals surface area contributed by atoms with Gasteiger partial charge in [-0.15, -0.1) is 6.42 Å². The number of hydrogen-bond acceptors (Lipinski definition) is 4. The number of nitro benzene ring substituents is 1. The lowest BCUT2D eigenvalue weighted by Gasteiger charge is -2.12. The molecule has 6 heteroatoms. The van der Waals surface area contributed by atoms with Crippen LogP contribution in [-0.4, -0.2) is 16.0 Å². The fraction of sp³-hybridized carbons (Fsp3) is 0.0625. The quantitative estimate of drug-likeness (QED) is 0.513. The van der Waals surface area contributed by atoms with E-state index in [2.05, 4.69) is 11.2 Å². The van der Waals surface area contributed by atoms with Crippen molar-refractivity contribution in [2.24, 2.45) is 0 Å². The predicted molar refractivity (Wildman–Crippen MR) is 82.5 cm³/mol. The predicted octanol–water partition coefficient (Wildman–Crippen LogP) is 3.33. The monoisotopic (exact) mass is 296 g/mol. The van der Waals surface area contributed by atoms with Gasteiger partial charge in [0.25, 0.3) is 5.69 Å². The Morgan fingerprint density at radius 1 is 1.27 bits per heavy atom. The molecule has 0 saturated heterocycles. The number of nitrogens with zero attached hydrogens (tertiary/aromatic N) is 1. The number of nitrogens with one attached hydrogen (secondary N) is 1. The summed E-state index contributed by atoms with van der Waals surface area (Å²) in [7, 11) is 0. The van der Waals surface area contributed by atoms with E-state index < -0.39 is 10.9 Å². The van der Waals surface area contributed by atoms with Crippen LogP contribution in [0.5, 0.6) is 0 Å². The Bertz CT molecular complexity index is 806. The smallest absolute Gasteiger partial charge is 0.337 e. The molecule has 6 nitrogen and oxygen atoms in total. The molecule has 110 valence electrons. The molecule has 0 heterocycles. The van der Waals surface area contributed by atoms with Crippen LogP contribution in [0, 0.1) is 29.4 Å². The van der Waals surface area contributed by atoms with E-state index in [4.69, 9.17) is 6.42 Å². The van der Waals surface area contributed by atoms with Crippen LogP contribution in [-0.2, 0) is 0 Å². The Balaban J connectivity index is 2.47. The van der Waals surface area contributed by atoms with Crippen LogP contribution in [0.2, 0.25) is 0 Å². The normalized spacial score (nSPS) is 9.82. The Kier molecular flexibility index (Phi) is 4.09. The lowest BCUT2D eigenvalue weighted by atomic mass is 10.1. The van der Waals surface area contributed by atoms with Gasteiger partial charge in [0.2, 0.25) is 0 Å². The maximum atomic E-state index is 11.2. The van der Waals surface area contributed by atoms with Gasteiger partial charge in [0.05, 0.1) is 16.2 Å². The first kappa shape index (κ1) is 15.1. The molecule has 0 aliphatic rings. The van der Waals surface area contributed by atoms with E-state index in [0.717, 1.165) is 11.6 Å². The third-order valence-electron chi connectivity index (χ3n) is 3.11. The summed E-state index contributed by atoms with van der Waals surface area (Å²) in [5.41, 5.74) is 2.04. The van der Waals surface area contributed by atoms with Crippen molar-refractivity contribution in [1.82, 2.24) is 0 Å². The highest BCUT2D eigenvalue weighted by Crippen LogP contribution is 2.28. The topological polar surface area (TPSA) is 92.5 Å². The highest BCUT2D eigenvalue weighted by molar-refractivity contribution is 5.96. The zero-order chi connectivity index (χ0) is 16.3. The molecular weight excluding hydrogens is 284 g/mol. The van der Waals surface area contributed by atoms with Gasteiger partial charge in [-0.3, -0.25) is 10.1 Å². The van der Waals surface area contributed by atoms with Crippen molar-refractivity contribution in [3.8, 4) is 12.3 Å². The molecule has 0 atom stereocenters. The molecule has 22 heavy (non-hydrogen) atoms. The highest BCUT2D eigenvalue weighted by atomic mass is 16.6. The first-order valence-electron chi connectivity index (χ1n) is 6.28. The fourth-order valence-electron chi connectivity index (χ4n) is 1.97. The summed E-state index contributed by atoms with van der Waals surface area (Å²) in [5.74, 6) is 1.33. The number of hydrogen-bond donors (Lipinski definition) is 2. The third kappa shape index (κ3) is 3.04. The summed E-state index contributed by atoms with van der Waals surface area (Å²) in [5, 5.41) is 22.9. The Morgan fingerprint density at radius 2 is 2.00 bits per heavy atom. The van der Waals surface area contributed by atoms with Gasteiger partial charge in [-0.25, -0.2) is 4.79 Å².